The lowest BCUT2D eigenvalue weighted by atomic mass is 9.80. The molecule has 16 heavy (non-hydrogen) atoms. The third-order valence-corrected chi connectivity index (χ3v) is 3.64. The average Bonchev–Trinajstić information content (AvgIpc) is 2.49. The number of rotatable bonds is 5. The monoisotopic (exact) mass is 221 g/mol. The van der Waals surface area contributed by atoms with Crippen LogP contribution in [0.4, 0.5) is 0 Å². The second-order valence-corrected chi connectivity index (χ2v) is 4.98. The van der Waals surface area contributed by atoms with E-state index in [9.17, 15) is 0 Å². The van der Waals surface area contributed by atoms with E-state index in [4.69, 9.17) is 0 Å². The molecule has 1 N–H and O–H groups in total. The fraction of sp³-hybridized carbons (Fsp3) is 0.769. The van der Waals surface area contributed by atoms with E-state index < -0.39 is 0 Å². The topological polar surface area (TPSA) is 29.9 Å². The number of aromatic nitrogens is 2. The quantitative estimate of drug-likeness (QED) is 0.828. The van der Waals surface area contributed by atoms with E-state index in [1.165, 1.54) is 31.4 Å². The fourth-order valence-electron chi connectivity index (χ4n) is 2.57. The number of aryl methyl sites for hydroxylation is 2. The van der Waals surface area contributed by atoms with Crippen molar-refractivity contribution in [3.8, 4) is 0 Å². The first-order valence-corrected chi connectivity index (χ1v) is 6.44. The summed E-state index contributed by atoms with van der Waals surface area (Å²) in [5.41, 5.74) is 2.46. The molecular weight excluding hydrogens is 198 g/mol. The van der Waals surface area contributed by atoms with E-state index in [0.29, 0.717) is 6.04 Å². The number of nitrogens with one attached hydrogen (secondary N) is 1. The third kappa shape index (κ3) is 2.46. The summed E-state index contributed by atoms with van der Waals surface area (Å²) in [4.78, 5) is 0. The van der Waals surface area contributed by atoms with Crippen molar-refractivity contribution < 1.29 is 0 Å². The van der Waals surface area contributed by atoms with E-state index in [-0.39, 0.29) is 0 Å². The molecular formula is C13H23N3. The van der Waals surface area contributed by atoms with Gasteiger partial charge in [0.2, 0.25) is 0 Å². The first kappa shape index (κ1) is 11.6. The van der Waals surface area contributed by atoms with E-state index in [1.54, 1.807) is 0 Å². The van der Waals surface area contributed by atoms with Gasteiger partial charge in [0.15, 0.2) is 0 Å². The Labute approximate surface area is 98.2 Å². The van der Waals surface area contributed by atoms with Crippen molar-refractivity contribution in [1.82, 2.24) is 15.1 Å². The molecule has 1 heterocycles. The zero-order valence-corrected chi connectivity index (χ0v) is 10.7. The Balaban J connectivity index is 2.07. The molecule has 1 atom stereocenters. The Kier molecular flexibility index (Phi) is 3.64. The second-order valence-electron chi connectivity index (χ2n) is 4.98. The molecule has 2 rings (SSSR count). The molecule has 1 saturated carbocycles. The Morgan fingerprint density at radius 3 is 2.75 bits per heavy atom. The van der Waals surface area contributed by atoms with Crippen molar-refractivity contribution in [2.24, 2.45) is 13.0 Å². The van der Waals surface area contributed by atoms with Gasteiger partial charge in [0, 0.05) is 13.1 Å². The Morgan fingerprint density at radius 1 is 1.56 bits per heavy atom. The van der Waals surface area contributed by atoms with E-state index in [2.05, 4.69) is 30.3 Å². The molecule has 0 aromatic carbocycles. The molecule has 0 saturated heterocycles. The van der Waals surface area contributed by atoms with Crippen LogP contribution in [-0.4, -0.2) is 16.3 Å². The highest BCUT2D eigenvalue weighted by Gasteiger charge is 2.24. The minimum Gasteiger partial charge on any atom is -0.309 e. The van der Waals surface area contributed by atoms with Gasteiger partial charge in [0.25, 0.3) is 0 Å². The minimum atomic E-state index is 0.487. The van der Waals surface area contributed by atoms with Gasteiger partial charge in [-0.3, -0.25) is 4.68 Å². The van der Waals surface area contributed by atoms with Crippen molar-refractivity contribution in [3.63, 3.8) is 0 Å². The Morgan fingerprint density at radius 2 is 2.31 bits per heavy atom. The van der Waals surface area contributed by atoms with Crippen LogP contribution < -0.4 is 5.32 Å². The molecule has 1 aromatic heterocycles. The van der Waals surface area contributed by atoms with Crippen molar-refractivity contribution >= 4 is 0 Å². The molecule has 1 aliphatic rings. The van der Waals surface area contributed by atoms with E-state index in [0.717, 1.165) is 18.2 Å². The van der Waals surface area contributed by atoms with Crippen molar-refractivity contribution in [1.29, 1.82) is 0 Å². The molecule has 0 spiro atoms. The summed E-state index contributed by atoms with van der Waals surface area (Å²) in [6.07, 6.45) is 5.53. The molecule has 0 radical (unpaired) electrons. The zero-order valence-electron chi connectivity index (χ0n) is 10.7. The molecule has 0 aliphatic heterocycles. The molecule has 0 amide bonds. The van der Waals surface area contributed by atoms with Crippen LogP contribution >= 0.6 is 0 Å². The first-order chi connectivity index (χ1) is 7.70. The lowest BCUT2D eigenvalue weighted by Gasteiger charge is -2.30. The Bertz CT molecular complexity index is 339. The number of nitrogens with zero attached hydrogens (tertiary/aromatic N) is 2. The SMILES string of the molecule is CCNC(CC1CCC1)c1cc(C)nn1C. The second kappa shape index (κ2) is 5.00. The van der Waals surface area contributed by atoms with Gasteiger partial charge in [-0.25, -0.2) is 0 Å². The van der Waals surface area contributed by atoms with Crippen molar-refractivity contribution in [2.45, 2.75) is 45.6 Å². The highest BCUT2D eigenvalue weighted by atomic mass is 15.3. The standard InChI is InChI=1S/C13H23N3/c1-4-14-12(9-11-6-5-7-11)13-8-10(2)15-16(13)3/h8,11-12,14H,4-7,9H2,1-3H3. The zero-order chi connectivity index (χ0) is 11.5. The van der Waals surface area contributed by atoms with E-state index in [1.807, 2.05) is 11.7 Å². The van der Waals surface area contributed by atoms with Crippen LogP contribution in [0.2, 0.25) is 0 Å². The Hall–Kier alpha value is -0.830. The summed E-state index contributed by atoms with van der Waals surface area (Å²) >= 11 is 0. The largest absolute Gasteiger partial charge is 0.309 e. The van der Waals surface area contributed by atoms with Crippen LogP contribution in [0.15, 0.2) is 6.07 Å². The van der Waals surface area contributed by atoms with Crippen molar-refractivity contribution in [2.75, 3.05) is 6.54 Å². The average molecular weight is 221 g/mol. The molecule has 3 nitrogen and oxygen atoms in total. The maximum atomic E-state index is 4.44. The summed E-state index contributed by atoms with van der Waals surface area (Å²) < 4.78 is 2.03. The summed E-state index contributed by atoms with van der Waals surface area (Å²) in [5, 5.41) is 8.03. The van der Waals surface area contributed by atoms with Crippen LogP contribution in [-0.2, 0) is 7.05 Å². The number of hydrogen-bond acceptors (Lipinski definition) is 2. The summed E-state index contributed by atoms with van der Waals surface area (Å²) in [6, 6.07) is 2.70. The maximum Gasteiger partial charge on any atom is 0.0597 e. The van der Waals surface area contributed by atoms with Gasteiger partial charge in [-0.2, -0.15) is 5.10 Å². The van der Waals surface area contributed by atoms with Gasteiger partial charge in [-0.1, -0.05) is 26.2 Å². The predicted octanol–water partition coefficient (Wildman–Crippen LogP) is 2.57. The molecule has 3 heteroatoms. The molecule has 0 bridgehead atoms. The highest BCUT2D eigenvalue weighted by molar-refractivity contribution is 5.13. The smallest absolute Gasteiger partial charge is 0.0597 e. The van der Waals surface area contributed by atoms with Crippen LogP contribution in [0.3, 0.4) is 0 Å². The minimum absolute atomic E-state index is 0.487. The van der Waals surface area contributed by atoms with Crippen LogP contribution in [0.1, 0.15) is 50.0 Å². The normalized spacial score (nSPS) is 18.4. The van der Waals surface area contributed by atoms with E-state index >= 15 is 0 Å². The molecule has 1 unspecified atom stereocenters. The van der Waals surface area contributed by atoms with Crippen LogP contribution in [0.25, 0.3) is 0 Å². The highest BCUT2D eigenvalue weighted by Crippen LogP contribution is 2.34. The van der Waals surface area contributed by atoms with Gasteiger partial charge in [0.1, 0.15) is 0 Å². The van der Waals surface area contributed by atoms with Crippen molar-refractivity contribution in [3.05, 3.63) is 17.5 Å². The molecule has 1 aliphatic carbocycles. The summed E-state index contributed by atoms with van der Waals surface area (Å²) in [7, 11) is 2.05. The third-order valence-electron chi connectivity index (χ3n) is 3.64. The first-order valence-electron chi connectivity index (χ1n) is 6.44. The predicted molar refractivity (Wildman–Crippen MR) is 66.3 cm³/mol. The van der Waals surface area contributed by atoms with Gasteiger partial charge in [0.05, 0.1) is 11.4 Å². The number of hydrogen-bond donors (Lipinski definition) is 1. The van der Waals surface area contributed by atoms with Gasteiger partial charge < -0.3 is 5.32 Å². The summed E-state index contributed by atoms with van der Waals surface area (Å²) in [6.45, 7) is 5.27. The van der Waals surface area contributed by atoms with Gasteiger partial charge >= 0.3 is 0 Å². The molecule has 90 valence electrons. The fourth-order valence-corrected chi connectivity index (χ4v) is 2.57. The van der Waals surface area contributed by atoms with Gasteiger partial charge in [-0.15, -0.1) is 0 Å². The maximum absolute atomic E-state index is 4.44. The summed E-state index contributed by atoms with van der Waals surface area (Å²) in [5.74, 6) is 0.930. The lowest BCUT2D eigenvalue weighted by Crippen LogP contribution is -2.27. The molecule has 1 aromatic rings. The lowest BCUT2D eigenvalue weighted by molar-refractivity contribution is 0.258. The van der Waals surface area contributed by atoms with Gasteiger partial charge in [-0.05, 0) is 31.9 Å². The molecule has 1 fully saturated rings. The van der Waals surface area contributed by atoms with Crippen LogP contribution in [0, 0.1) is 12.8 Å². The van der Waals surface area contributed by atoms with Crippen LogP contribution in [0.5, 0.6) is 0 Å².